The molecule has 0 radical (unpaired) electrons. The number of methoxy groups -OCH3 is 1. The van der Waals surface area contributed by atoms with Crippen LogP contribution in [0.3, 0.4) is 0 Å². The zero-order valence-corrected chi connectivity index (χ0v) is 15.4. The minimum Gasteiger partial charge on any atom is -0.497 e. The molecule has 1 aliphatic heterocycles. The van der Waals surface area contributed by atoms with Gasteiger partial charge >= 0.3 is 0 Å². The van der Waals surface area contributed by atoms with Crippen molar-refractivity contribution in [1.29, 1.82) is 0 Å². The van der Waals surface area contributed by atoms with E-state index in [9.17, 15) is 0 Å². The highest BCUT2D eigenvalue weighted by Crippen LogP contribution is 2.31. The van der Waals surface area contributed by atoms with Gasteiger partial charge in [0.2, 0.25) is 0 Å². The Balaban J connectivity index is 1.74. The Hall–Kier alpha value is -1.92. The lowest BCUT2D eigenvalue weighted by Gasteiger charge is -2.25. The normalized spacial score (nSPS) is 14.8. The van der Waals surface area contributed by atoms with Gasteiger partial charge in [0.15, 0.2) is 5.65 Å². The van der Waals surface area contributed by atoms with Gasteiger partial charge in [0.25, 0.3) is 0 Å². The molecule has 0 spiro atoms. The lowest BCUT2D eigenvalue weighted by atomic mass is 10.00. The third-order valence-electron chi connectivity index (χ3n) is 4.59. The molecule has 3 aromatic rings. The summed E-state index contributed by atoms with van der Waals surface area (Å²) in [5, 5.41) is 5.84. The van der Waals surface area contributed by atoms with Crippen LogP contribution in [0.4, 0.5) is 0 Å². The Morgan fingerprint density at radius 3 is 2.79 bits per heavy atom. The van der Waals surface area contributed by atoms with Gasteiger partial charge in [-0.1, -0.05) is 12.1 Å². The van der Waals surface area contributed by atoms with Gasteiger partial charge in [-0.3, -0.25) is 0 Å². The molecule has 0 saturated carbocycles. The highest BCUT2D eigenvalue weighted by atomic mass is 79.9. The SMILES string of the molecule is COc1ccc(Cn2nc(Br)c3c4c(cnc32)CN(C)CC4)cc1. The zero-order chi connectivity index (χ0) is 16.7. The van der Waals surface area contributed by atoms with E-state index in [0.29, 0.717) is 6.54 Å². The second kappa shape index (κ2) is 6.18. The smallest absolute Gasteiger partial charge is 0.159 e. The van der Waals surface area contributed by atoms with E-state index >= 15 is 0 Å². The van der Waals surface area contributed by atoms with Crippen LogP contribution in [0.2, 0.25) is 0 Å². The van der Waals surface area contributed by atoms with E-state index in [1.165, 1.54) is 16.7 Å². The molecule has 0 unspecified atom stereocenters. The molecule has 0 saturated heterocycles. The van der Waals surface area contributed by atoms with Gasteiger partial charge in [-0.25, -0.2) is 9.67 Å². The summed E-state index contributed by atoms with van der Waals surface area (Å²) in [6.07, 6.45) is 3.05. The molecule has 0 atom stereocenters. The summed E-state index contributed by atoms with van der Waals surface area (Å²) in [6.45, 7) is 2.72. The second-order valence-electron chi connectivity index (χ2n) is 6.24. The fraction of sp³-hybridized carbons (Fsp3) is 0.333. The molecule has 0 aliphatic carbocycles. The molecule has 1 aliphatic rings. The van der Waals surface area contributed by atoms with E-state index in [0.717, 1.165) is 40.9 Å². The van der Waals surface area contributed by atoms with Crippen molar-refractivity contribution in [2.75, 3.05) is 20.7 Å². The van der Waals surface area contributed by atoms with Crippen molar-refractivity contribution < 1.29 is 4.74 Å². The summed E-state index contributed by atoms with van der Waals surface area (Å²) in [7, 11) is 3.83. The predicted octanol–water partition coefficient (Wildman–Crippen LogP) is 3.24. The number of nitrogens with zero attached hydrogens (tertiary/aromatic N) is 4. The van der Waals surface area contributed by atoms with Crippen LogP contribution >= 0.6 is 15.9 Å². The van der Waals surface area contributed by atoms with Gasteiger partial charge in [-0.05, 0) is 58.2 Å². The maximum atomic E-state index is 5.22. The van der Waals surface area contributed by atoms with Crippen molar-refractivity contribution in [2.24, 2.45) is 0 Å². The molecule has 3 heterocycles. The zero-order valence-electron chi connectivity index (χ0n) is 13.8. The number of pyridine rings is 1. The number of hydrogen-bond acceptors (Lipinski definition) is 4. The summed E-state index contributed by atoms with van der Waals surface area (Å²) in [5.74, 6) is 0.863. The number of benzene rings is 1. The van der Waals surface area contributed by atoms with Gasteiger partial charge in [0.1, 0.15) is 10.4 Å². The summed E-state index contributed by atoms with van der Waals surface area (Å²) in [5.41, 5.74) is 4.81. The summed E-state index contributed by atoms with van der Waals surface area (Å²) in [6, 6.07) is 8.07. The first-order valence-corrected chi connectivity index (χ1v) is 8.79. The van der Waals surface area contributed by atoms with E-state index in [1.54, 1.807) is 7.11 Å². The molecule has 0 N–H and O–H groups in total. The van der Waals surface area contributed by atoms with Crippen LogP contribution in [0.5, 0.6) is 5.75 Å². The van der Waals surface area contributed by atoms with Crippen LogP contribution in [0, 0.1) is 0 Å². The number of fused-ring (bicyclic) bond motifs is 3. The van der Waals surface area contributed by atoms with Gasteiger partial charge < -0.3 is 9.64 Å². The molecule has 5 nitrogen and oxygen atoms in total. The molecular formula is C18H19BrN4O. The lowest BCUT2D eigenvalue weighted by molar-refractivity contribution is 0.313. The predicted molar refractivity (Wildman–Crippen MR) is 97.4 cm³/mol. The number of rotatable bonds is 3. The van der Waals surface area contributed by atoms with Crippen LogP contribution in [0.1, 0.15) is 16.7 Å². The Kier molecular flexibility index (Phi) is 4.02. The van der Waals surface area contributed by atoms with E-state index < -0.39 is 0 Å². The van der Waals surface area contributed by atoms with Crippen molar-refractivity contribution in [3.8, 4) is 5.75 Å². The largest absolute Gasteiger partial charge is 0.497 e. The van der Waals surface area contributed by atoms with E-state index in [2.05, 4.69) is 45.1 Å². The Morgan fingerprint density at radius 1 is 1.25 bits per heavy atom. The van der Waals surface area contributed by atoms with Crippen LogP contribution in [0.15, 0.2) is 35.1 Å². The fourth-order valence-electron chi connectivity index (χ4n) is 3.30. The number of hydrogen-bond donors (Lipinski definition) is 0. The van der Waals surface area contributed by atoms with Gasteiger partial charge in [0, 0.05) is 19.3 Å². The molecule has 6 heteroatoms. The van der Waals surface area contributed by atoms with Crippen molar-refractivity contribution in [3.63, 3.8) is 0 Å². The highest BCUT2D eigenvalue weighted by Gasteiger charge is 2.21. The van der Waals surface area contributed by atoms with E-state index in [1.807, 2.05) is 23.0 Å². The molecule has 4 rings (SSSR count). The van der Waals surface area contributed by atoms with Crippen LogP contribution < -0.4 is 4.74 Å². The second-order valence-corrected chi connectivity index (χ2v) is 7.00. The first kappa shape index (κ1) is 15.6. The Labute approximate surface area is 149 Å². The summed E-state index contributed by atoms with van der Waals surface area (Å²) < 4.78 is 8.08. The summed E-state index contributed by atoms with van der Waals surface area (Å²) in [4.78, 5) is 7.02. The Morgan fingerprint density at radius 2 is 2.04 bits per heavy atom. The Bertz CT molecular complexity index is 888. The standard InChI is InChI=1S/C18H19BrN4O/c1-22-8-7-15-13(11-22)9-20-18-16(15)17(19)21-23(18)10-12-3-5-14(24-2)6-4-12/h3-6,9H,7-8,10-11H2,1-2H3. The first-order valence-electron chi connectivity index (χ1n) is 8.00. The number of halogens is 1. The van der Waals surface area contributed by atoms with Crippen LogP contribution in [0.25, 0.3) is 11.0 Å². The maximum Gasteiger partial charge on any atom is 0.159 e. The van der Waals surface area contributed by atoms with Gasteiger partial charge in [-0.15, -0.1) is 0 Å². The van der Waals surface area contributed by atoms with Crippen LogP contribution in [-0.2, 0) is 19.5 Å². The highest BCUT2D eigenvalue weighted by molar-refractivity contribution is 9.10. The molecular weight excluding hydrogens is 368 g/mol. The lowest BCUT2D eigenvalue weighted by Crippen LogP contribution is -2.26. The fourth-order valence-corrected chi connectivity index (χ4v) is 3.91. The third kappa shape index (κ3) is 2.70. The molecule has 2 aromatic heterocycles. The van der Waals surface area contributed by atoms with Crippen molar-refractivity contribution >= 4 is 27.0 Å². The number of likely N-dealkylation sites (N-methyl/N-ethyl adjacent to an activating group) is 1. The average molecular weight is 387 g/mol. The molecule has 1 aromatic carbocycles. The topological polar surface area (TPSA) is 43.2 Å². The quantitative estimate of drug-likeness (QED) is 0.692. The minimum atomic E-state index is 0.692. The van der Waals surface area contributed by atoms with Gasteiger partial charge in [0.05, 0.1) is 19.0 Å². The van der Waals surface area contributed by atoms with Crippen molar-refractivity contribution in [1.82, 2.24) is 19.7 Å². The maximum absolute atomic E-state index is 5.22. The number of ether oxygens (including phenoxy) is 1. The molecule has 0 bridgehead atoms. The molecule has 0 amide bonds. The molecule has 124 valence electrons. The minimum absolute atomic E-state index is 0.692. The van der Waals surface area contributed by atoms with Gasteiger partial charge in [-0.2, -0.15) is 5.10 Å². The summed E-state index contributed by atoms with van der Waals surface area (Å²) >= 11 is 3.64. The monoisotopic (exact) mass is 386 g/mol. The average Bonchev–Trinajstić information content (AvgIpc) is 2.91. The van der Waals surface area contributed by atoms with E-state index in [4.69, 9.17) is 9.72 Å². The molecule has 24 heavy (non-hydrogen) atoms. The third-order valence-corrected chi connectivity index (χ3v) is 5.15. The van der Waals surface area contributed by atoms with E-state index in [-0.39, 0.29) is 0 Å². The van der Waals surface area contributed by atoms with Crippen LogP contribution in [-0.4, -0.2) is 40.4 Å². The first-order chi connectivity index (χ1) is 11.7. The molecule has 0 fully saturated rings. The number of aromatic nitrogens is 3. The van der Waals surface area contributed by atoms with Crippen molar-refractivity contribution in [3.05, 3.63) is 51.8 Å². The van der Waals surface area contributed by atoms with Crippen molar-refractivity contribution in [2.45, 2.75) is 19.5 Å².